The summed E-state index contributed by atoms with van der Waals surface area (Å²) in [6.45, 7) is 6.83. The molecule has 0 spiro atoms. The molecule has 0 saturated carbocycles. The Morgan fingerprint density at radius 2 is 2.37 bits per heavy atom. The average molecular weight is 270 g/mol. The maximum Gasteiger partial charge on any atom is 0.224 e. The SMILES string of the molecule is CC1CNCC1C(=O)NCCCOCC1CCCO1. The molecule has 2 aliphatic heterocycles. The lowest BCUT2D eigenvalue weighted by atomic mass is 9.97. The van der Waals surface area contributed by atoms with E-state index in [0.29, 0.717) is 31.8 Å². The fourth-order valence-electron chi connectivity index (χ4n) is 2.67. The van der Waals surface area contributed by atoms with E-state index in [1.54, 1.807) is 0 Å². The predicted molar refractivity (Wildman–Crippen MR) is 72.9 cm³/mol. The number of nitrogens with one attached hydrogen (secondary N) is 2. The predicted octanol–water partition coefficient (Wildman–Crippen LogP) is 0.544. The Bertz CT molecular complexity index is 280. The van der Waals surface area contributed by atoms with Crippen molar-refractivity contribution in [2.75, 3.05) is 39.5 Å². The van der Waals surface area contributed by atoms with Crippen LogP contribution in [0.25, 0.3) is 0 Å². The van der Waals surface area contributed by atoms with Crippen molar-refractivity contribution in [3.05, 3.63) is 0 Å². The molecule has 19 heavy (non-hydrogen) atoms. The van der Waals surface area contributed by atoms with E-state index in [-0.39, 0.29) is 11.8 Å². The van der Waals surface area contributed by atoms with Crippen LogP contribution in [-0.2, 0) is 14.3 Å². The molecule has 1 amide bonds. The van der Waals surface area contributed by atoms with Crippen molar-refractivity contribution in [1.29, 1.82) is 0 Å². The monoisotopic (exact) mass is 270 g/mol. The third-order valence-corrected chi connectivity index (χ3v) is 3.95. The summed E-state index contributed by atoms with van der Waals surface area (Å²) in [5, 5.41) is 6.24. The number of amides is 1. The number of ether oxygens (including phenoxy) is 2. The van der Waals surface area contributed by atoms with Crippen molar-refractivity contribution in [1.82, 2.24) is 10.6 Å². The van der Waals surface area contributed by atoms with Gasteiger partial charge in [0.25, 0.3) is 0 Å². The Morgan fingerprint density at radius 1 is 1.47 bits per heavy atom. The summed E-state index contributed by atoms with van der Waals surface area (Å²) in [5.41, 5.74) is 0. The molecule has 0 aromatic rings. The molecule has 2 heterocycles. The molecule has 2 aliphatic rings. The summed E-state index contributed by atoms with van der Waals surface area (Å²) in [5.74, 6) is 0.750. The highest BCUT2D eigenvalue weighted by molar-refractivity contribution is 5.79. The van der Waals surface area contributed by atoms with Gasteiger partial charge in [-0.1, -0.05) is 6.92 Å². The molecule has 0 radical (unpaired) electrons. The molecular formula is C14H26N2O3. The zero-order chi connectivity index (χ0) is 13.5. The zero-order valence-electron chi connectivity index (χ0n) is 11.8. The van der Waals surface area contributed by atoms with E-state index >= 15 is 0 Å². The van der Waals surface area contributed by atoms with Crippen LogP contribution >= 0.6 is 0 Å². The second kappa shape index (κ2) is 7.82. The fraction of sp³-hybridized carbons (Fsp3) is 0.929. The molecule has 5 heteroatoms. The average Bonchev–Trinajstić information content (AvgIpc) is 3.04. The minimum atomic E-state index is 0.132. The summed E-state index contributed by atoms with van der Waals surface area (Å²) in [6.07, 6.45) is 3.42. The molecule has 2 fully saturated rings. The highest BCUT2D eigenvalue weighted by Gasteiger charge is 2.28. The molecule has 2 saturated heterocycles. The fourth-order valence-corrected chi connectivity index (χ4v) is 2.67. The van der Waals surface area contributed by atoms with Gasteiger partial charge < -0.3 is 20.1 Å². The van der Waals surface area contributed by atoms with E-state index in [0.717, 1.165) is 39.0 Å². The van der Waals surface area contributed by atoms with Crippen LogP contribution in [0.1, 0.15) is 26.2 Å². The molecule has 0 bridgehead atoms. The van der Waals surface area contributed by atoms with Crippen LogP contribution in [0.3, 0.4) is 0 Å². The van der Waals surface area contributed by atoms with Crippen molar-refractivity contribution in [3.63, 3.8) is 0 Å². The molecular weight excluding hydrogens is 244 g/mol. The third-order valence-electron chi connectivity index (χ3n) is 3.95. The van der Waals surface area contributed by atoms with Gasteiger partial charge in [-0.25, -0.2) is 0 Å². The second-order valence-electron chi connectivity index (χ2n) is 5.60. The molecule has 0 aliphatic carbocycles. The first-order chi connectivity index (χ1) is 9.27. The molecule has 110 valence electrons. The quantitative estimate of drug-likeness (QED) is 0.663. The second-order valence-corrected chi connectivity index (χ2v) is 5.60. The van der Waals surface area contributed by atoms with Crippen LogP contribution in [0.15, 0.2) is 0 Å². The maximum absolute atomic E-state index is 11.9. The van der Waals surface area contributed by atoms with Gasteiger partial charge in [0.2, 0.25) is 5.91 Å². The van der Waals surface area contributed by atoms with E-state index < -0.39 is 0 Å². The van der Waals surface area contributed by atoms with Gasteiger partial charge in [0.15, 0.2) is 0 Å². The van der Waals surface area contributed by atoms with Gasteiger partial charge in [-0.05, 0) is 31.7 Å². The summed E-state index contributed by atoms with van der Waals surface area (Å²) >= 11 is 0. The van der Waals surface area contributed by atoms with E-state index in [9.17, 15) is 4.79 Å². The number of hydrogen-bond acceptors (Lipinski definition) is 4. The van der Waals surface area contributed by atoms with E-state index in [2.05, 4.69) is 17.6 Å². The molecule has 0 aromatic heterocycles. The van der Waals surface area contributed by atoms with Crippen molar-refractivity contribution in [2.45, 2.75) is 32.3 Å². The summed E-state index contributed by atoms with van der Waals surface area (Å²) < 4.78 is 11.0. The Hall–Kier alpha value is -0.650. The molecule has 3 atom stereocenters. The minimum Gasteiger partial charge on any atom is -0.379 e. The number of carbonyl (C=O) groups excluding carboxylic acids is 1. The minimum absolute atomic E-state index is 0.132. The van der Waals surface area contributed by atoms with Gasteiger partial charge >= 0.3 is 0 Å². The van der Waals surface area contributed by atoms with Crippen molar-refractivity contribution >= 4 is 5.91 Å². The van der Waals surface area contributed by atoms with Crippen LogP contribution in [0.2, 0.25) is 0 Å². The van der Waals surface area contributed by atoms with E-state index in [1.807, 2.05) is 0 Å². The van der Waals surface area contributed by atoms with Crippen LogP contribution in [0.5, 0.6) is 0 Å². The largest absolute Gasteiger partial charge is 0.379 e. The zero-order valence-corrected chi connectivity index (χ0v) is 11.8. The number of hydrogen-bond donors (Lipinski definition) is 2. The van der Waals surface area contributed by atoms with Crippen LogP contribution in [0, 0.1) is 11.8 Å². The van der Waals surface area contributed by atoms with Crippen LogP contribution in [-0.4, -0.2) is 51.5 Å². The van der Waals surface area contributed by atoms with Gasteiger partial charge in [0.05, 0.1) is 18.6 Å². The van der Waals surface area contributed by atoms with Gasteiger partial charge in [-0.15, -0.1) is 0 Å². The Balaban J connectivity index is 1.46. The summed E-state index contributed by atoms with van der Waals surface area (Å²) in [7, 11) is 0. The normalized spacial score (nSPS) is 30.7. The summed E-state index contributed by atoms with van der Waals surface area (Å²) in [4.78, 5) is 11.9. The van der Waals surface area contributed by atoms with Crippen LogP contribution in [0.4, 0.5) is 0 Å². The molecule has 3 unspecified atom stereocenters. The first-order valence-corrected chi connectivity index (χ1v) is 7.45. The number of carbonyl (C=O) groups is 1. The van der Waals surface area contributed by atoms with Crippen molar-refractivity contribution < 1.29 is 14.3 Å². The maximum atomic E-state index is 11.9. The van der Waals surface area contributed by atoms with Crippen molar-refractivity contribution in [2.24, 2.45) is 11.8 Å². The molecule has 2 rings (SSSR count). The first kappa shape index (κ1) is 14.8. The topological polar surface area (TPSA) is 59.6 Å². The van der Waals surface area contributed by atoms with Gasteiger partial charge in [-0.2, -0.15) is 0 Å². The Kier molecular flexibility index (Phi) is 6.07. The number of rotatable bonds is 7. The molecule has 0 aromatic carbocycles. The lowest BCUT2D eigenvalue weighted by Gasteiger charge is -2.14. The highest BCUT2D eigenvalue weighted by Crippen LogP contribution is 2.15. The molecule has 2 N–H and O–H groups in total. The highest BCUT2D eigenvalue weighted by atomic mass is 16.5. The lowest BCUT2D eigenvalue weighted by molar-refractivity contribution is -0.125. The van der Waals surface area contributed by atoms with E-state index in [1.165, 1.54) is 0 Å². The third kappa shape index (κ3) is 4.75. The van der Waals surface area contributed by atoms with Gasteiger partial charge in [-0.3, -0.25) is 4.79 Å². The van der Waals surface area contributed by atoms with Gasteiger partial charge in [0, 0.05) is 26.3 Å². The summed E-state index contributed by atoms with van der Waals surface area (Å²) in [6, 6.07) is 0. The van der Waals surface area contributed by atoms with Crippen molar-refractivity contribution in [3.8, 4) is 0 Å². The smallest absolute Gasteiger partial charge is 0.224 e. The Labute approximate surface area is 115 Å². The Morgan fingerprint density at radius 3 is 3.05 bits per heavy atom. The standard InChI is InChI=1S/C14H26N2O3/c1-11-8-15-9-13(11)14(17)16-5-3-6-18-10-12-4-2-7-19-12/h11-13,15H,2-10H2,1H3,(H,16,17). The molecule has 5 nitrogen and oxygen atoms in total. The van der Waals surface area contributed by atoms with Gasteiger partial charge in [0.1, 0.15) is 0 Å². The van der Waals surface area contributed by atoms with Crippen LogP contribution < -0.4 is 10.6 Å². The lowest BCUT2D eigenvalue weighted by Crippen LogP contribution is -2.35. The van der Waals surface area contributed by atoms with E-state index in [4.69, 9.17) is 9.47 Å². The first-order valence-electron chi connectivity index (χ1n) is 7.45.